The van der Waals surface area contributed by atoms with E-state index in [9.17, 15) is 4.79 Å². The number of rotatable bonds is 4. The van der Waals surface area contributed by atoms with Crippen molar-refractivity contribution in [2.75, 3.05) is 19.6 Å². The average molecular weight is 264 g/mol. The molecule has 2 heterocycles. The standard InChI is InChI=1S/C14H24N4O/c1-11(2)13-10-18(16-12(13)3)9-6-15-14(19)17-7-4-5-8-17/h10-11H,4-9H2,1-3H3,(H,15,19). The Morgan fingerprint density at radius 2 is 2.11 bits per heavy atom. The Morgan fingerprint density at radius 1 is 1.42 bits per heavy atom. The van der Waals surface area contributed by atoms with Crippen LogP contribution < -0.4 is 5.32 Å². The Morgan fingerprint density at radius 3 is 2.68 bits per heavy atom. The van der Waals surface area contributed by atoms with E-state index in [2.05, 4.69) is 30.5 Å². The molecule has 1 saturated heterocycles. The van der Waals surface area contributed by atoms with Crippen molar-refractivity contribution in [3.63, 3.8) is 0 Å². The topological polar surface area (TPSA) is 50.2 Å². The molecule has 2 amide bonds. The number of nitrogens with one attached hydrogen (secondary N) is 1. The lowest BCUT2D eigenvalue weighted by Crippen LogP contribution is -2.39. The number of hydrogen-bond donors (Lipinski definition) is 1. The van der Waals surface area contributed by atoms with Gasteiger partial charge in [-0.25, -0.2) is 4.79 Å². The van der Waals surface area contributed by atoms with Gasteiger partial charge in [0.2, 0.25) is 0 Å². The zero-order chi connectivity index (χ0) is 13.8. The molecule has 0 spiro atoms. The number of aromatic nitrogens is 2. The van der Waals surface area contributed by atoms with Crippen molar-refractivity contribution in [1.29, 1.82) is 0 Å². The first-order chi connectivity index (χ1) is 9.08. The van der Waals surface area contributed by atoms with Crippen LogP contribution in [0, 0.1) is 6.92 Å². The van der Waals surface area contributed by atoms with Crippen molar-refractivity contribution in [1.82, 2.24) is 20.0 Å². The first kappa shape index (κ1) is 13.9. The van der Waals surface area contributed by atoms with Crippen LogP contribution in [0.3, 0.4) is 0 Å². The second kappa shape index (κ2) is 6.08. The number of nitrogens with zero attached hydrogens (tertiary/aromatic N) is 3. The van der Waals surface area contributed by atoms with E-state index in [0.717, 1.165) is 38.2 Å². The molecule has 106 valence electrons. The van der Waals surface area contributed by atoms with Gasteiger partial charge in [0.25, 0.3) is 0 Å². The van der Waals surface area contributed by atoms with E-state index < -0.39 is 0 Å². The minimum atomic E-state index is 0.0606. The van der Waals surface area contributed by atoms with E-state index >= 15 is 0 Å². The van der Waals surface area contributed by atoms with Crippen molar-refractivity contribution in [3.05, 3.63) is 17.5 Å². The summed E-state index contributed by atoms with van der Waals surface area (Å²) in [6, 6.07) is 0.0606. The molecule has 1 aromatic rings. The quantitative estimate of drug-likeness (QED) is 0.905. The van der Waals surface area contributed by atoms with Gasteiger partial charge in [-0.3, -0.25) is 4.68 Å². The lowest BCUT2D eigenvalue weighted by molar-refractivity contribution is 0.208. The Labute approximate surface area is 115 Å². The predicted octanol–water partition coefficient (Wildman–Crippen LogP) is 2.12. The third kappa shape index (κ3) is 3.49. The molecule has 0 atom stereocenters. The SMILES string of the molecule is Cc1nn(CCNC(=O)N2CCCC2)cc1C(C)C. The number of aryl methyl sites for hydroxylation is 1. The molecule has 1 aliphatic rings. The van der Waals surface area contributed by atoms with Gasteiger partial charge in [0.05, 0.1) is 12.2 Å². The van der Waals surface area contributed by atoms with E-state index in [1.807, 2.05) is 16.5 Å². The molecular formula is C14H24N4O. The molecule has 0 bridgehead atoms. The van der Waals surface area contributed by atoms with Crippen LogP contribution >= 0.6 is 0 Å². The smallest absolute Gasteiger partial charge is 0.317 e. The fourth-order valence-electron chi connectivity index (χ4n) is 2.52. The summed E-state index contributed by atoms with van der Waals surface area (Å²) >= 11 is 0. The minimum Gasteiger partial charge on any atom is -0.336 e. The number of carbonyl (C=O) groups is 1. The van der Waals surface area contributed by atoms with E-state index in [-0.39, 0.29) is 6.03 Å². The van der Waals surface area contributed by atoms with Gasteiger partial charge in [-0.05, 0) is 31.2 Å². The zero-order valence-corrected chi connectivity index (χ0v) is 12.1. The number of likely N-dealkylation sites (tertiary alicyclic amines) is 1. The molecule has 1 aliphatic heterocycles. The zero-order valence-electron chi connectivity index (χ0n) is 12.1. The molecule has 5 heteroatoms. The van der Waals surface area contributed by atoms with E-state index in [4.69, 9.17) is 0 Å². The monoisotopic (exact) mass is 264 g/mol. The highest BCUT2D eigenvalue weighted by Crippen LogP contribution is 2.17. The first-order valence-electron chi connectivity index (χ1n) is 7.14. The van der Waals surface area contributed by atoms with Gasteiger partial charge in [0.15, 0.2) is 0 Å². The van der Waals surface area contributed by atoms with Crippen molar-refractivity contribution in [2.45, 2.75) is 46.1 Å². The molecule has 1 fully saturated rings. The van der Waals surface area contributed by atoms with Gasteiger partial charge >= 0.3 is 6.03 Å². The number of amides is 2. The Hall–Kier alpha value is -1.52. The van der Waals surface area contributed by atoms with Crippen LogP contribution in [0.4, 0.5) is 4.79 Å². The molecule has 0 saturated carbocycles. The summed E-state index contributed by atoms with van der Waals surface area (Å²) in [6.07, 6.45) is 4.34. The summed E-state index contributed by atoms with van der Waals surface area (Å²) in [5.41, 5.74) is 2.37. The second-order valence-corrected chi connectivity index (χ2v) is 5.51. The molecule has 2 rings (SSSR count). The molecule has 0 unspecified atom stereocenters. The third-order valence-electron chi connectivity index (χ3n) is 3.62. The van der Waals surface area contributed by atoms with Crippen LogP contribution in [0.2, 0.25) is 0 Å². The highest BCUT2D eigenvalue weighted by molar-refractivity contribution is 5.74. The third-order valence-corrected chi connectivity index (χ3v) is 3.62. The Kier molecular flexibility index (Phi) is 4.45. The molecule has 19 heavy (non-hydrogen) atoms. The van der Waals surface area contributed by atoms with Crippen molar-refractivity contribution >= 4 is 6.03 Å². The summed E-state index contributed by atoms with van der Waals surface area (Å²) in [5.74, 6) is 0.493. The van der Waals surface area contributed by atoms with Crippen LogP contribution in [-0.2, 0) is 6.54 Å². The molecule has 1 aromatic heterocycles. The maximum atomic E-state index is 11.8. The largest absolute Gasteiger partial charge is 0.336 e. The number of urea groups is 1. The van der Waals surface area contributed by atoms with E-state index in [1.54, 1.807) is 0 Å². The van der Waals surface area contributed by atoms with Gasteiger partial charge in [0.1, 0.15) is 0 Å². The molecule has 0 aromatic carbocycles. The maximum absolute atomic E-state index is 11.8. The maximum Gasteiger partial charge on any atom is 0.317 e. The normalized spacial score (nSPS) is 15.3. The van der Waals surface area contributed by atoms with Gasteiger partial charge in [-0.15, -0.1) is 0 Å². The summed E-state index contributed by atoms with van der Waals surface area (Å²) in [4.78, 5) is 13.7. The van der Waals surface area contributed by atoms with Crippen LogP contribution in [0.5, 0.6) is 0 Å². The van der Waals surface area contributed by atoms with Crippen LogP contribution in [-0.4, -0.2) is 40.3 Å². The van der Waals surface area contributed by atoms with Crippen molar-refractivity contribution in [3.8, 4) is 0 Å². The summed E-state index contributed by atoms with van der Waals surface area (Å²) in [5, 5.41) is 7.44. The average Bonchev–Trinajstić information content (AvgIpc) is 2.98. The molecule has 5 nitrogen and oxygen atoms in total. The fourth-order valence-corrected chi connectivity index (χ4v) is 2.52. The van der Waals surface area contributed by atoms with Gasteiger partial charge in [-0.1, -0.05) is 13.8 Å². The van der Waals surface area contributed by atoms with Crippen LogP contribution in [0.25, 0.3) is 0 Å². The summed E-state index contributed by atoms with van der Waals surface area (Å²) in [7, 11) is 0. The number of hydrogen-bond acceptors (Lipinski definition) is 2. The van der Waals surface area contributed by atoms with Crippen molar-refractivity contribution in [2.24, 2.45) is 0 Å². The number of carbonyl (C=O) groups excluding carboxylic acids is 1. The van der Waals surface area contributed by atoms with Gasteiger partial charge < -0.3 is 10.2 Å². The molecule has 0 aliphatic carbocycles. The van der Waals surface area contributed by atoms with Crippen molar-refractivity contribution < 1.29 is 4.79 Å². The van der Waals surface area contributed by atoms with Gasteiger partial charge in [0, 0.05) is 25.8 Å². The molecule has 0 radical (unpaired) electrons. The van der Waals surface area contributed by atoms with E-state index in [0.29, 0.717) is 12.5 Å². The predicted molar refractivity (Wildman–Crippen MR) is 75.3 cm³/mol. The fraction of sp³-hybridized carbons (Fsp3) is 0.714. The minimum absolute atomic E-state index is 0.0606. The van der Waals surface area contributed by atoms with Gasteiger partial charge in [-0.2, -0.15) is 5.10 Å². The molecule has 1 N–H and O–H groups in total. The molecular weight excluding hydrogens is 240 g/mol. The Balaban J connectivity index is 1.79. The van der Waals surface area contributed by atoms with Crippen LogP contribution in [0.15, 0.2) is 6.20 Å². The summed E-state index contributed by atoms with van der Waals surface area (Å²) < 4.78 is 1.93. The second-order valence-electron chi connectivity index (χ2n) is 5.51. The van der Waals surface area contributed by atoms with E-state index in [1.165, 1.54) is 5.56 Å². The highest BCUT2D eigenvalue weighted by atomic mass is 16.2. The lowest BCUT2D eigenvalue weighted by Gasteiger charge is -2.15. The van der Waals surface area contributed by atoms with Crippen LogP contribution in [0.1, 0.15) is 43.9 Å². The lowest BCUT2D eigenvalue weighted by atomic mass is 10.1. The first-order valence-corrected chi connectivity index (χ1v) is 7.14. The Bertz CT molecular complexity index is 433. The highest BCUT2D eigenvalue weighted by Gasteiger charge is 2.17. The summed E-state index contributed by atoms with van der Waals surface area (Å²) in [6.45, 7) is 9.52.